The van der Waals surface area contributed by atoms with Crippen LogP contribution in [-0.4, -0.2) is 168 Å². The number of nitrogens with one attached hydrogen (secondary N) is 2. The number of carbonyl (C=O) groups excluding carboxylic acids is 4. The van der Waals surface area contributed by atoms with Gasteiger partial charge in [0.05, 0.1) is 77.1 Å². The molecule has 32 heteroatoms. The Morgan fingerprint density at radius 3 is 0.850 bits per heavy atom. The number of nitrogens with two attached hydrogens (primary N) is 2. The number of aliphatic hydroxyl groups excluding tert-OH is 2. The van der Waals surface area contributed by atoms with Crippen LogP contribution >= 0.6 is 0 Å². The van der Waals surface area contributed by atoms with Crippen molar-refractivity contribution in [3.8, 4) is 46.0 Å². The summed E-state index contributed by atoms with van der Waals surface area (Å²) >= 11 is 0. The van der Waals surface area contributed by atoms with E-state index >= 15 is 0 Å². The van der Waals surface area contributed by atoms with Crippen LogP contribution in [0.3, 0.4) is 0 Å². The fraction of sp³-hybridized carbons (Fsp3) is 0.235. The van der Waals surface area contributed by atoms with E-state index in [1.165, 1.54) is 28.4 Å². The van der Waals surface area contributed by atoms with E-state index in [2.05, 4.69) is 13.6 Å². The zero-order valence-corrected chi connectivity index (χ0v) is 58.6. The third-order valence-electron chi connectivity index (χ3n) is 14.0. The number of aromatic hydroxyl groups is 4. The summed E-state index contributed by atoms with van der Waals surface area (Å²) < 4.78 is 132. The minimum Gasteiger partial charge on any atom is -0.507 e. The molecule has 0 saturated heterocycles. The Morgan fingerprint density at radius 2 is 0.610 bits per heavy atom. The van der Waals surface area contributed by atoms with Crippen LogP contribution in [0.15, 0.2) is 165 Å². The highest BCUT2D eigenvalue weighted by Crippen LogP contribution is 2.38. The van der Waals surface area contributed by atoms with Crippen molar-refractivity contribution < 1.29 is 111 Å². The van der Waals surface area contributed by atoms with Gasteiger partial charge in [0.25, 0.3) is 0 Å². The van der Waals surface area contributed by atoms with Crippen LogP contribution in [0.5, 0.6) is 46.0 Å². The second-order valence-electron chi connectivity index (χ2n) is 21.2. The van der Waals surface area contributed by atoms with Crippen molar-refractivity contribution in [2.75, 3.05) is 81.0 Å². The van der Waals surface area contributed by atoms with Crippen molar-refractivity contribution in [2.45, 2.75) is 47.3 Å². The highest BCUT2D eigenvalue weighted by molar-refractivity contribution is 7.90. The second-order valence-corrected chi connectivity index (χ2v) is 27.9. The monoisotopic (exact) mass is 1460 g/mol. The molecule has 0 aliphatic rings. The van der Waals surface area contributed by atoms with Gasteiger partial charge >= 0.3 is 20.2 Å². The largest absolute Gasteiger partial charge is 0.507 e. The molecule has 0 aliphatic heterocycles. The molecule has 0 spiro atoms. The molecule has 0 aliphatic carbocycles. The molecule has 0 aromatic heterocycles. The molecule has 0 unspecified atom stereocenters. The van der Waals surface area contributed by atoms with Crippen LogP contribution in [-0.2, 0) is 48.6 Å². The number of rotatable bonds is 28. The van der Waals surface area contributed by atoms with Crippen molar-refractivity contribution in [1.29, 1.82) is 0 Å². The maximum absolute atomic E-state index is 12.6. The first-order chi connectivity index (χ1) is 47.2. The number of hydrogen-bond donors (Lipinski definition) is 10. The van der Waals surface area contributed by atoms with Gasteiger partial charge in [0.1, 0.15) is 65.6 Å². The van der Waals surface area contributed by atoms with Gasteiger partial charge in [-0.05, 0) is 52.0 Å². The van der Waals surface area contributed by atoms with Gasteiger partial charge in [-0.15, -0.1) is 0 Å². The zero-order valence-electron chi connectivity index (χ0n) is 55.3. The molecular formula is C68H76N4O24S4. The normalized spacial score (nSPS) is 11.3. The van der Waals surface area contributed by atoms with E-state index in [-0.39, 0.29) is 117 Å². The number of hydrogen-bond acceptors (Lipinski definition) is 26. The first-order valence-corrected chi connectivity index (χ1v) is 35.5. The molecule has 0 saturated carbocycles. The molecule has 0 heterocycles. The lowest BCUT2D eigenvalue weighted by molar-refractivity contribution is 0.102. The van der Waals surface area contributed by atoms with Crippen LogP contribution in [0.1, 0.15) is 85.9 Å². The highest BCUT2D eigenvalue weighted by Gasteiger charge is 2.30. The quantitative estimate of drug-likeness (QED) is 0.0210. The summed E-state index contributed by atoms with van der Waals surface area (Å²) in [7, 11) is -11.4. The maximum atomic E-state index is 12.6. The van der Waals surface area contributed by atoms with Gasteiger partial charge in [-0.25, -0.2) is 26.3 Å². The summed E-state index contributed by atoms with van der Waals surface area (Å²) in [5, 5.41) is 58.0. The number of sulfonamides is 2. The Kier molecular flexibility index (Phi) is 29.5. The van der Waals surface area contributed by atoms with Gasteiger partial charge in [-0.3, -0.25) is 27.5 Å². The molecular weight excluding hydrogens is 1390 g/mol. The average molecular weight is 1460 g/mol. The van der Waals surface area contributed by atoms with Crippen molar-refractivity contribution in [3.05, 3.63) is 212 Å². The summed E-state index contributed by atoms with van der Waals surface area (Å²) in [4.78, 5) is 49.2. The number of aliphatic hydroxyl groups is 2. The molecule has 12 N–H and O–H groups in total. The fourth-order valence-corrected chi connectivity index (χ4v) is 13.4. The van der Waals surface area contributed by atoms with Gasteiger partial charge in [-0.1, -0.05) is 119 Å². The Labute approximate surface area is 578 Å². The lowest BCUT2D eigenvalue weighted by Gasteiger charge is -2.13. The topological polar surface area (TPSA) is 458 Å². The standard InChI is InChI=1S/C17H20N2O5S.2C17H19NO6S.C17H18O7S/c1-11-3-5-12(6-4-11)17(21)13-9-16(15(24-2)10-14(13)20)25(22,23)19-8-7-18;1-11-3-5-12(6-4-11)17(20)13-9-16(15(23-2)10-14(13)19)25(21,22)24-8-7-18;1-11-3-5-12(6-4-11)17(21)13-9-16(15(24-2)10-14(13)20)25(22,23)18-7-8-19;1-11-3-5-12(6-4-11)17(20)13-9-16(15(23-2)10-14(13)19)25(21,22)24-8-7-18/h3-6,9-10,19-20H,7-8,18H2,1-2H3;3-6,9-10,19H,7-8,18H2,1-2H3;3-6,9-10,18-20H,7-8H2,1-2H3;3-6,9-10,18-19H,7-8H2,1-2H3. The number of phenolic OH excluding ortho intramolecular Hbond substituents is 4. The maximum Gasteiger partial charge on any atom is 0.300 e. The molecule has 0 amide bonds. The van der Waals surface area contributed by atoms with E-state index in [0.717, 1.165) is 70.8 Å². The van der Waals surface area contributed by atoms with Crippen molar-refractivity contribution >= 4 is 63.4 Å². The van der Waals surface area contributed by atoms with Crippen LogP contribution in [0.25, 0.3) is 0 Å². The first-order valence-electron chi connectivity index (χ1n) is 29.7. The molecule has 536 valence electrons. The van der Waals surface area contributed by atoms with Crippen LogP contribution in [0, 0.1) is 27.7 Å². The van der Waals surface area contributed by atoms with Gasteiger partial charge in [0.2, 0.25) is 20.0 Å². The number of benzene rings is 8. The highest BCUT2D eigenvalue weighted by atomic mass is 32.2. The number of aryl methyl sites for hydroxylation is 4. The van der Waals surface area contributed by atoms with E-state index in [4.69, 9.17) is 44.8 Å². The lowest BCUT2D eigenvalue weighted by Crippen LogP contribution is -2.29. The van der Waals surface area contributed by atoms with Gasteiger partial charge in [0, 0.05) is 72.7 Å². The van der Waals surface area contributed by atoms with Gasteiger partial charge in [-0.2, -0.15) is 16.8 Å². The summed E-state index contributed by atoms with van der Waals surface area (Å²) in [6.07, 6.45) is 0. The third-order valence-corrected chi connectivity index (χ3v) is 19.6. The van der Waals surface area contributed by atoms with E-state index < -0.39 is 87.3 Å². The Balaban J connectivity index is 0.000000240. The summed E-state index contributed by atoms with van der Waals surface area (Å²) in [6, 6.07) is 35.3. The number of ketones is 4. The van der Waals surface area contributed by atoms with E-state index in [1.807, 2.05) is 27.7 Å². The van der Waals surface area contributed by atoms with Gasteiger partial charge < -0.3 is 61.1 Å². The van der Waals surface area contributed by atoms with E-state index in [1.54, 1.807) is 97.1 Å². The average Bonchev–Trinajstić information content (AvgIpc) is 0.805. The molecule has 0 bridgehead atoms. The summed E-state index contributed by atoms with van der Waals surface area (Å²) in [6.45, 7) is 5.94. The molecule has 0 fully saturated rings. The number of methoxy groups -OCH3 is 4. The van der Waals surface area contributed by atoms with Crippen molar-refractivity contribution in [3.63, 3.8) is 0 Å². The molecule has 100 heavy (non-hydrogen) atoms. The van der Waals surface area contributed by atoms with Crippen LogP contribution < -0.4 is 39.9 Å². The Hall–Kier alpha value is -9.68. The molecule has 8 rings (SSSR count). The predicted octanol–water partition coefficient (Wildman–Crippen LogP) is 5.63. The first kappa shape index (κ1) is 81.0. The molecule has 0 atom stereocenters. The summed E-state index contributed by atoms with van der Waals surface area (Å²) in [5.41, 5.74) is 15.1. The van der Waals surface area contributed by atoms with E-state index in [0.29, 0.717) is 22.3 Å². The van der Waals surface area contributed by atoms with Crippen molar-refractivity contribution in [1.82, 2.24) is 9.44 Å². The summed E-state index contributed by atoms with van der Waals surface area (Å²) in [5.74, 6) is -4.09. The molecule has 0 radical (unpaired) electrons. The number of ether oxygens (including phenoxy) is 4. The molecule has 8 aromatic rings. The molecule has 28 nitrogen and oxygen atoms in total. The third kappa shape index (κ3) is 21.2. The number of phenols is 4. The van der Waals surface area contributed by atoms with Gasteiger partial charge in [0.15, 0.2) is 23.1 Å². The Morgan fingerprint density at radius 1 is 0.360 bits per heavy atom. The Bertz CT molecular complexity index is 4100. The van der Waals surface area contributed by atoms with Crippen molar-refractivity contribution in [2.24, 2.45) is 11.5 Å². The lowest BCUT2D eigenvalue weighted by atomic mass is 10.0. The fourth-order valence-electron chi connectivity index (χ4n) is 8.78. The molecule has 8 aromatic carbocycles. The second kappa shape index (κ2) is 36.4. The zero-order chi connectivity index (χ0) is 74.5. The van der Waals surface area contributed by atoms with E-state index in [9.17, 15) is 73.3 Å². The smallest absolute Gasteiger partial charge is 0.300 e. The number of carbonyl (C=O) groups is 4. The van der Waals surface area contributed by atoms with Crippen LogP contribution in [0.2, 0.25) is 0 Å². The minimum absolute atomic E-state index is 0.00871. The minimum atomic E-state index is -4.28. The predicted molar refractivity (Wildman–Crippen MR) is 366 cm³/mol. The SMILES string of the molecule is COc1cc(O)c(C(=O)c2ccc(C)cc2)cc1S(=O)(=O)NCCN.COc1cc(O)c(C(=O)c2ccc(C)cc2)cc1S(=O)(=O)NCCO.COc1cc(O)c(C(=O)c2ccc(C)cc2)cc1S(=O)(=O)OCCN.COc1cc(O)c(C(=O)c2ccc(C)cc2)cc1S(=O)(=O)OCCO. The van der Waals surface area contributed by atoms with Crippen LogP contribution in [0.4, 0.5) is 0 Å².